The van der Waals surface area contributed by atoms with Gasteiger partial charge in [-0.1, -0.05) is 65.0 Å². The van der Waals surface area contributed by atoms with Crippen molar-refractivity contribution in [3.63, 3.8) is 0 Å². The van der Waals surface area contributed by atoms with E-state index in [0.29, 0.717) is 11.5 Å². The van der Waals surface area contributed by atoms with Crippen LogP contribution in [0.5, 0.6) is 0 Å². The zero-order valence-corrected chi connectivity index (χ0v) is 18.2. The average molecular weight is 377 g/mol. The molecule has 0 amide bonds. The van der Waals surface area contributed by atoms with Crippen LogP contribution in [0.2, 0.25) is 0 Å². The molecule has 0 saturated carbocycles. The molecule has 2 aromatic rings. The van der Waals surface area contributed by atoms with Crippen LogP contribution in [0.4, 0.5) is 0 Å². The van der Waals surface area contributed by atoms with Gasteiger partial charge in [-0.15, -0.1) is 0 Å². The van der Waals surface area contributed by atoms with E-state index in [2.05, 4.69) is 66.7 Å². The molecule has 1 aliphatic rings. The summed E-state index contributed by atoms with van der Waals surface area (Å²) in [5.41, 5.74) is 8.41. The Morgan fingerprint density at radius 2 is 1.68 bits per heavy atom. The molecule has 0 aliphatic heterocycles. The van der Waals surface area contributed by atoms with Gasteiger partial charge < -0.3 is 5.11 Å². The Hall–Kier alpha value is -2.35. The molecule has 0 aromatic heterocycles. The molecule has 28 heavy (non-hydrogen) atoms. The van der Waals surface area contributed by atoms with Gasteiger partial charge in [0.1, 0.15) is 0 Å². The van der Waals surface area contributed by atoms with Gasteiger partial charge in [-0.2, -0.15) is 0 Å². The molecule has 0 spiro atoms. The highest BCUT2D eigenvalue weighted by Crippen LogP contribution is 2.50. The van der Waals surface area contributed by atoms with Crippen LogP contribution in [0, 0.1) is 12.8 Å². The molecule has 1 atom stereocenters. The number of aryl methyl sites for hydroxylation is 1. The molecule has 0 heterocycles. The summed E-state index contributed by atoms with van der Waals surface area (Å²) in [5.74, 6) is -0.249. The molecule has 2 aromatic carbocycles. The van der Waals surface area contributed by atoms with Crippen LogP contribution in [0.25, 0.3) is 11.6 Å². The smallest absolute Gasteiger partial charge is 0.335 e. The van der Waals surface area contributed by atoms with Crippen molar-refractivity contribution < 1.29 is 9.90 Å². The molecule has 1 aliphatic carbocycles. The van der Waals surface area contributed by atoms with Crippen LogP contribution in [-0.2, 0) is 10.8 Å². The number of allylic oxidation sites excluding steroid dienone is 1. The summed E-state index contributed by atoms with van der Waals surface area (Å²) >= 11 is 0. The summed E-state index contributed by atoms with van der Waals surface area (Å²) in [6.45, 7) is 16.2. The molecule has 1 N–H and O–H groups in total. The Morgan fingerprint density at radius 3 is 2.25 bits per heavy atom. The van der Waals surface area contributed by atoms with Crippen molar-refractivity contribution in [3.8, 4) is 0 Å². The molecule has 0 saturated heterocycles. The van der Waals surface area contributed by atoms with Gasteiger partial charge in [-0.25, -0.2) is 4.79 Å². The van der Waals surface area contributed by atoms with Crippen molar-refractivity contribution in [2.45, 2.75) is 65.7 Å². The third-order valence-corrected chi connectivity index (χ3v) is 6.80. The van der Waals surface area contributed by atoms with E-state index in [4.69, 9.17) is 5.11 Å². The summed E-state index contributed by atoms with van der Waals surface area (Å²) in [5, 5.41) is 9.08. The van der Waals surface area contributed by atoms with Crippen LogP contribution in [-0.4, -0.2) is 11.1 Å². The van der Waals surface area contributed by atoms with E-state index in [-0.39, 0.29) is 10.8 Å². The van der Waals surface area contributed by atoms with Gasteiger partial charge in [0.25, 0.3) is 0 Å². The SMILES string of the molecule is CC(=Cc1ccc(C(=O)O)cc1)c1cc2c(cc1C)C(C)(C)C(C)CC2(C)C. The molecule has 148 valence electrons. The van der Waals surface area contributed by atoms with Crippen molar-refractivity contribution in [1.82, 2.24) is 0 Å². The first-order chi connectivity index (χ1) is 12.9. The van der Waals surface area contributed by atoms with E-state index in [9.17, 15) is 4.79 Å². The lowest BCUT2D eigenvalue weighted by molar-refractivity contribution is 0.0697. The first-order valence-corrected chi connectivity index (χ1v) is 10.1. The second kappa shape index (κ2) is 6.92. The molecular formula is C26H32O2. The maximum absolute atomic E-state index is 11.1. The highest BCUT2D eigenvalue weighted by atomic mass is 16.4. The largest absolute Gasteiger partial charge is 0.478 e. The van der Waals surface area contributed by atoms with Crippen molar-refractivity contribution in [2.75, 3.05) is 0 Å². The van der Waals surface area contributed by atoms with Gasteiger partial charge in [-0.05, 0) is 82.5 Å². The normalized spacial score (nSPS) is 20.5. The quantitative estimate of drug-likeness (QED) is 0.595. The Bertz CT molecular complexity index is 943. The monoisotopic (exact) mass is 376 g/mol. The number of rotatable bonds is 3. The summed E-state index contributed by atoms with van der Waals surface area (Å²) in [6.07, 6.45) is 3.33. The van der Waals surface area contributed by atoms with Crippen LogP contribution in [0.15, 0.2) is 36.4 Å². The van der Waals surface area contributed by atoms with Crippen molar-refractivity contribution in [3.05, 3.63) is 69.8 Å². The third kappa shape index (κ3) is 3.53. The van der Waals surface area contributed by atoms with Crippen LogP contribution in [0.3, 0.4) is 0 Å². The summed E-state index contributed by atoms with van der Waals surface area (Å²) in [7, 11) is 0. The minimum Gasteiger partial charge on any atom is -0.478 e. The number of fused-ring (bicyclic) bond motifs is 1. The maximum Gasteiger partial charge on any atom is 0.335 e. The summed E-state index contributed by atoms with van der Waals surface area (Å²) in [6, 6.07) is 11.9. The van der Waals surface area contributed by atoms with E-state index < -0.39 is 5.97 Å². The van der Waals surface area contributed by atoms with Gasteiger partial charge in [-0.3, -0.25) is 0 Å². The van der Waals surface area contributed by atoms with Gasteiger partial charge >= 0.3 is 5.97 Å². The van der Waals surface area contributed by atoms with Crippen molar-refractivity contribution in [2.24, 2.45) is 5.92 Å². The van der Waals surface area contributed by atoms with Gasteiger partial charge in [0.2, 0.25) is 0 Å². The van der Waals surface area contributed by atoms with Crippen LogP contribution >= 0.6 is 0 Å². The van der Waals surface area contributed by atoms with Gasteiger partial charge in [0, 0.05) is 0 Å². The van der Waals surface area contributed by atoms with E-state index >= 15 is 0 Å². The lowest BCUT2D eigenvalue weighted by Gasteiger charge is -2.47. The first-order valence-electron chi connectivity index (χ1n) is 10.1. The minimum atomic E-state index is -0.892. The maximum atomic E-state index is 11.1. The zero-order valence-electron chi connectivity index (χ0n) is 18.2. The van der Waals surface area contributed by atoms with Crippen LogP contribution < -0.4 is 0 Å². The van der Waals surface area contributed by atoms with Crippen LogP contribution in [0.1, 0.15) is 86.1 Å². The Morgan fingerprint density at radius 1 is 1.07 bits per heavy atom. The van der Waals surface area contributed by atoms with E-state index in [0.717, 1.165) is 5.56 Å². The standard InChI is InChI=1S/C26H32O2/c1-16(12-19-8-10-20(11-9-19)24(27)28)21-14-22-23(13-17(21)2)26(6,7)18(3)15-25(22,4)5/h8-14,18H,15H2,1-7H3,(H,27,28). The van der Waals surface area contributed by atoms with Gasteiger partial charge in [0.05, 0.1) is 5.56 Å². The van der Waals surface area contributed by atoms with E-state index in [1.54, 1.807) is 12.1 Å². The first kappa shape index (κ1) is 20.4. The second-order valence-corrected chi connectivity index (χ2v) is 9.68. The minimum absolute atomic E-state index is 0.163. The molecular weight excluding hydrogens is 344 g/mol. The average Bonchev–Trinajstić information content (AvgIpc) is 2.60. The number of aromatic carboxylic acids is 1. The number of carbonyl (C=O) groups is 1. The highest BCUT2D eigenvalue weighted by Gasteiger charge is 2.42. The summed E-state index contributed by atoms with van der Waals surface area (Å²) in [4.78, 5) is 11.1. The fraction of sp³-hybridized carbons (Fsp3) is 0.423. The van der Waals surface area contributed by atoms with Gasteiger partial charge in [0.15, 0.2) is 0 Å². The molecule has 2 nitrogen and oxygen atoms in total. The zero-order chi connectivity index (χ0) is 20.9. The second-order valence-electron chi connectivity index (χ2n) is 9.68. The molecule has 1 unspecified atom stereocenters. The van der Waals surface area contributed by atoms with Crippen molar-refractivity contribution >= 4 is 17.6 Å². The number of carboxylic acid groups (broad SMARTS) is 1. The Labute approximate surface area is 169 Å². The highest BCUT2D eigenvalue weighted by molar-refractivity contribution is 5.88. The third-order valence-electron chi connectivity index (χ3n) is 6.80. The molecule has 0 radical (unpaired) electrons. The number of carboxylic acids is 1. The fourth-order valence-electron chi connectivity index (χ4n) is 4.67. The number of hydrogen-bond acceptors (Lipinski definition) is 1. The Balaban J connectivity index is 2.07. The lowest BCUT2D eigenvalue weighted by Crippen LogP contribution is -2.40. The molecule has 0 fully saturated rings. The van der Waals surface area contributed by atoms with E-state index in [1.807, 2.05) is 12.1 Å². The van der Waals surface area contributed by atoms with E-state index in [1.165, 1.54) is 34.2 Å². The predicted molar refractivity (Wildman–Crippen MR) is 118 cm³/mol. The molecule has 0 bridgehead atoms. The van der Waals surface area contributed by atoms with Crippen molar-refractivity contribution in [1.29, 1.82) is 0 Å². The molecule has 2 heteroatoms. The fourth-order valence-corrected chi connectivity index (χ4v) is 4.67. The number of hydrogen-bond donors (Lipinski definition) is 1. The summed E-state index contributed by atoms with van der Waals surface area (Å²) < 4.78 is 0. The predicted octanol–water partition coefficient (Wildman–Crippen LogP) is 6.85. The number of benzene rings is 2. The Kier molecular flexibility index (Phi) is 5.04. The topological polar surface area (TPSA) is 37.3 Å². The lowest BCUT2D eigenvalue weighted by atomic mass is 9.58. The molecule has 3 rings (SSSR count).